The minimum atomic E-state index is 0.0820. The van der Waals surface area contributed by atoms with Gasteiger partial charge in [0.1, 0.15) is 5.75 Å². The molecule has 3 rings (SSSR count). The van der Waals surface area contributed by atoms with E-state index in [1.807, 2.05) is 45.0 Å². The number of phenols is 1. The van der Waals surface area contributed by atoms with Crippen LogP contribution in [0.1, 0.15) is 41.4 Å². The third-order valence-electron chi connectivity index (χ3n) is 4.31. The zero-order chi connectivity index (χ0) is 18.0. The maximum atomic E-state index is 12.7. The molecule has 0 radical (unpaired) electrons. The van der Waals surface area contributed by atoms with E-state index in [2.05, 4.69) is 10.3 Å². The van der Waals surface area contributed by atoms with Crippen molar-refractivity contribution in [3.63, 3.8) is 0 Å². The molecular formula is C21H22N2O2. The molecule has 2 aromatic carbocycles. The van der Waals surface area contributed by atoms with Gasteiger partial charge in [0, 0.05) is 23.6 Å². The van der Waals surface area contributed by atoms with E-state index in [0.29, 0.717) is 23.2 Å². The van der Waals surface area contributed by atoms with Crippen molar-refractivity contribution in [2.24, 2.45) is 0 Å². The summed E-state index contributed by atoms with van der Waals surface area (Å²) in [7, 11) is 0. The number of carbonyl (C=O) groups excluding carboxylic acids is 1. The molecule has 0 aliphatic heterocycles. The summed E-state index contributed by atoms with van der Waals surface area (Å²) in [4.78, 5) is 17.3. The lowest BCUT2D eigenvalue weighted by Gasteiger charge is -2.17. The lowest BCUT2D eigenvalue weighted by molar-refractivity contribution is 0.0981. The highest BCUT2D eigenvalue weighted by Gasteiger charge is 2.19. The Balaban J connectivity index is 2.26. The number of hydrogen-bond acceptors (Lipinski definition) is 4. The molecule has 0 saturated heterocycles. The minimum absolute atomic E-state index is 0.0820. The fraction of sp³-hybridized carbons (Fsp3) is 0.238. The molecule has 1 aromatic heterocycles. The number of aryl methyl sites for hydroxylation is 2. The van der Waals surface area contributed by atoms with Crippen LogP contribution in [0.2, 0.25) is 0 Å². The third-order valence-corrected chi connectivity index (χ3v) is 4.31. The second kappa shape index (κ2) is 6.93. The number of hydrogen-bond donors (Lipinski definition) is 2. The number of benzene rings is 2. The van der Waals surface area contributed by atoms with Gasteiger partial charge in [-0.25, -0.2) is 0 Å². The highest BCUT2D eigenvalue weighted by molar-refractivity contribution is 6.10. The first kappa shape index (κ1) is 17.0. The molecule has 0 amide bonds. The fourth-order valence-electron chi connectivity index (χ4n) is 3.05. The molecule has 0 bridgehead atoms. The molecule has 2 N–H and O–H groups in total. The van der Waals surface area contributed by atoms with Crippen LogP contribution in [0.4, 0.5) is 11.4 Å². The average molecular weight is 334 g/mol. The van der Waals surface area contributed by atoms with E-state index in [1.165, 1.54) is 0 Å². The smallest absolute Gasteiger partial charge is 0.166 e. The summed E-state index contributed by atoms with van der Waals surface area (Å²) in [5.41, 5.74) is 4.78. The molecular weight excluding hydrogens is 312 g/mol. The molecule has 0 saturated carbocycles. The van der Waals surface area contributed by atoms with Crippen LogP contribution in [0, 0.1) is 13.8 Å². The Hall–Kier alpha value is -2.88. The molecule has 0 fully saturated rings. The van der Waals surface area contributed by atoms with Crippen molar-refractivity contribution in [3.05, 3.63) is 59.3 Å². The maximum absolute atomic E-state index is 12.7. The number of aromatic hydroxyl groups is 1. The van der Waals surface area contributed by atoms with Crippen LogP contribution < -0.4 is 5.32 Å². The third kappa shape index (κ3) is 3.33. The van der Waals surface area contributed by atoms with Crippen LogP contribution in [0.5, 0.6) is 5.75 Å². The van der Waals surface area contributed by atoms with Crippen molar-refractivity contribution in [3.8, 4) is 5.75 Å². The summed E-state index contributed by atoms with van der Waals surface area (Å²) in [6.07, 6.45) is 1.27. The van der Waals surface area contributed by atoms with Gasteiger partial charge in [0.15, 0.2) is 5.78 Å². The van der Waals surface area contributed by atoms with Gasteiger partial charge in [0.05, 0.1) is 22.5 Å². The van der Waals surface area contributed by atoms with E-state index >= 15 is 0 Å². The molecule has 0 unspecified atom stereocenters. The van der Waals surface area contributed by atoms with Crippen molar-refractivity contribution in [2.75, 3.05) is 5.32 Å². The molecule has 0 aliphatic rings. The number of Topliss-reactive ketones (excluding diaryl/α,β-unsaturated/α-hetero) is 1. The van der Waals surface area contributed by atoms with Crippen LogP contribution in [-0.4, -0.2) is 15.9 Å². The van der Waals surface area contributed by atoms with E-state index in [0.717, 1.165) is 28.7 Å². The van der Waals surface area contributed by atoms with E-state index in [4.69, 9.17) is 0 Å². The van der Waals surface area contributed by atoms with Gasteiger partial charge in [-0.15, -0.1) is 0 Å². The quantitative estimate of drug-likeness (QED) is 0.623. The summed E-state index contributed by atoms with van der Waals surface area (Å²) in [6, 6.07) is 13.0. The lowest BCUT2D eigenvalue weighted by atomic mass is 9.99. The van der Waals surface area contributed by atoms with Gasteiger partial charge in [-0.2, -0.15) is 0 Å². The maximum Gasteiger partial charge on any atom is 0.166 e. The summed E-state index contributed by atoms with van der Waals surface area (Å²) in [5, 5.41) is 14.0. The van der Waals surface area contributed by atoms with Crippen LogP contribution in [0.3, 0.4) is 0 Å². The number of fused-ring (bicyclic) bond motifs is 1. The van der Waals surface area contributed by atoms with E-state index in [-0.39, 0.29) is 11.5 Å². The molecule has 0 atom stereocenters. The number of para-hydroxylation sites is 1. The molecule has 4 heteroatoms. The number of carbonyl (C=O) groups is 1. The normalized spacial score (nSPS) is 10.8. The number of nitrogens with zero attached hydrogens (tertiary/aromatic N) is 1. The molecule has 4 nitrogen and oxygen atoms in total. The first-order valence-corrected chi connectivity index (χ1v) is 8.50. The standard InChI is InChI=1S/C21H22N2O2/c1-4-7-19(25)20-14(3)22-18-12-15(24)10-11-16(18)21(20)23-17-9-6-5-8-13(17)2/h5-6,8-12,24H,4,7H2,1-3H3,(H,22,23). The van der Waals surface area contributed by atoms with Crippen LogP contribution in [0.25, 0.3) is 10.9 Å². The molecule has 3 aromatic rings. The van der Waals surface area contributed by atoms with Crippen molar-refractivity contribution in [2.45, 2.75) is 33.6 Å². The fourth-order valence-corrected chi connectivity index (χ4v) is 3.05. The number of phenolic OH excluding ortho intramolecular Hbond substituents is 1. The van der Waals surface area contributed by atoms with Crippen LogP contribution >= 0.6 is 0 Å². The first-order chi connectivity index (χ1) is 12.0. The van der Waals surface area contributed by atoms with Gasteiger partial charge in [-0.1, -0.05) is 25.1 Å². The van der Waals surface area contributed by atoms with Gasteiger partial charge < -0.3 is 10.4 Å². The molecule has 128 valence electrons. The van der Waals surface area contributed by atoms with Gasteiger partial charge in [-0.3, -0.25) is 9.78 Å². The topological polar surface area (TPSA) is 62.2 Å². The number of rotatable bonds is 5. The number of ketones is 1. The largest absolute Gasteiger partial charge is 0.508 e. The minimum Gasteiger partial charge on any atom is -0.508 e. The zero-order valence-corrected chi connectivity index (χ0v) is 14.8. The number of anilines is 2. The second-order valence-electron chi connectivity index (χ2n) is 6.26. The van der Waals surface area contributed by atoms with Crippen molar-refractivity contribution < 1.29 is 9.90 Å². The highest BCUT2D eigenvalue weighted by atomic mass is 16.3. The monoisotopic (exact) mass is 334 g/mol. The number of pyridine rings is 1. The van der Waals surface area contributed by atoms with E-state index in [1.54, 1.807) is 18.2 Å². The Labute approximate surface area is 147 Å². The Kier molecular flexibility index (Phi) is 4.70. The Morgan fingerprint density at radius 2 is 1.92 bits per heavy atom. The second-order valence-corrected chi connectivity index (χ2v) is 6.26. The highest BCUT2D eigenvalue weighted by Crippen LogP contribution is 2.34. The number of nitrogens with one attached hydrogen (secondary N) is 1. The van der Waals surface area contributed by atoms with Gasteiger partial charge in [0.25, 0.3) is 0 Å². The summed E-state index contributed by atoms with van der Waals surface area (Å²) in [5.74, 6) is 0.243. The van der Waals surface area contributed by atoms with Crippen LogP contribution in [0.15, 0.2) is 42.5 Å². The van der Waals surface area contributed by atoms with Crippen molar-refractivity contribution in [1.29, 1.82) is 0 Å². The SMILES string of the molecule is CCCC(=O)c1c(C)nc2cc(O)ccc2c1Nc1ccccc1C. The zero-order valence-electron chi connectivity index (χ0n) is 14.8. The first-order valence-electron chi connectivity index (χ1n) is 8.50. The van der Waals surface area contributed by atoms with E-state index in [9.17, 15) is 9.90 Å². The van der Waals surface area contributed by atoms with Gasteiger partial charge in [-0.05, 0) is 44.0 Å². The molecule has 25 heavy (non-hydrogen) atoms. The predicted molar refractivity (Wildman–Crippen MR) is 102 cm³/mol. The Bertz CT molecular complexity index is 948. The summed E-state index contributed by atoms with van der Waals surface area (Å²) in [6.45, 7) is 5.86. The van der Waals surface area contributed by atoms with Gasteiger partial charge >= 0.3 is 0 Å². The Morgan fingerprint density at radius 3 is 2.64 bits per heavy atom. The summed E-state index contributed by atoms with van der Waals surface area (Å²) < 4.78 is 0. The van der Waals surface area contributed by atoms with E-state index < -0.39 is 0 Å². The molecule has 1 heterocycles. The Morgan fingerprint density at radius 1 is 1.16 bits per heavy atom. The predicted octanol–water partition coefficient (Wildman–Crippen LogP) is 5.28. The van der Waals surface area contributed by atoms with Gasteiger partial charge in [0.2, 0.25) is 0 Å². The van der Waals surface area contributed by atoms with Crippen LogP contribution in [-0.2, 0) is 0 Å². The average Bonchev–Trinajstić information content (AvgIpc) is 2.56. The van der Waals surface area contributed by atoms with Crippen molar-refractivity contribution in [1.82, 2.24) is 4.98 Å². The molecule has 0 aliphatic carbocycles. The number of aromatic nitrogens is 1. The summed E-state index contributed by atoms with van der Waals surface area (Å²) >= 11 is 0. The van der Waals surface area contributed by atoms with Crippen molar-refractivity contribution >= 4 is 28.1 Å². The molecule has 0 spiro atoms. The lowest BCUT2D eigenvalue weighted by Crippen LogP contribution is -2.09.